The van der Waals surface area contributed by atoms with Crippen LogP contribution in [0.5, 0.6) is 0 Å². The van der Waals surface area contributed by atoms with Crippen molar-refractivity contribution in [3.05, 3.63) is 71.8 Å². The van der Waals surface area contributed by atoms with Gasteiger partial charge in [0.2, 0.25) is 0 Å². The molecule has 2 aromatic heterocycles. The summed E-state index contributed by atoms with van der Waals surface area (Å²) < 4.78 is 40.6. The third-order valence-corrected chi connectivity index (χ3v) is 5.36. The molecule has 0 N–H and O–H groups in total. The molecule has 0 saturated carbocycles. The van der Waals surface area contributed by atoms with Crippen molar-refractivity contribution in [2.24, 2.45) is 0 Å². The van der Waals surface area contributed by atoms with Crippen LogP contribution >= 0.6 is 12.4 Å². The summed E-state index contributed by atoms with van der Waals surface area (Å²) in [7, 11) is 0. The highest BCUT2D eigenvalue weighted by molar-refractivity contribution is 5.85. The molecule has 32 heavy (non-hydrogen) atoms. The van der Waals surface area contributed by atoms with E-state index in [1.807, 2.05) is 17.9 Å². The fraction of sp³-hybridized carbons (Fsp3) is 0.318. The Balaban J connectivity index is 0.00000289. The van der Waals surface area contributed by atoms with E-state index in [0.717, 1.165) is 37.0 Å². The van der Waals surface area contributed by atoms with Gasteiger partial charge < -0.3 is 4.90 Å². The maximum Gasteiger partial charge on any atom is 0.416 e. The SMILES string of the molecule is Cc1c(C=CCN2CCN(c3cccc(C(F)(F)F)c3)CC2)cnn1-c1ncccn1.Cl. The average molecular weight is 465 g/mol. The van der Waals surface area contributed by atoms with Crippen LogP contribution in [0.25, 0.3) is 12.0 Å². The molecule has 0 amide bonds. The van der Waals surface area contributed by atoms with Crippen molar-refractivity contribution in [1.29, 1.82) is 0 Å². The Labute approximate surface area is 190 Å². The molecule has 1 fully saturated rings. The highest BCUT2D eigenvalue weighted by atomic mass is 35.5. The standard InChI is InChI=1S/C22H23F3N6.ClH/c1-17-18(16-28-31(17)21-26-8-4-9-27-21)5-3-10-29-11-13-30(14-12-29)20-7-2-6-19(15-20)22(23,24)25;/h2-9,15-16H,10-14H2,1H3;1H. The minimum Gasteiger partial charge on any atom is -0.369 e. The van der Waals surface area contributed by atoms with Crippen LogP contribution < -0.4 is 4.90 Å². The van der Waals surface area contributed by atoms with Crippen LogP contribution in [-0.4, -0.2) is 57.4 Å². The Hall–Kier alpha value is -2.91. The van der Waals surface area contributed by atoms with Crippen molar-refractivity contribution < 1.29 is 13.2 Å². The van der Waals surface area contributed by atoms with E-state index >= 15 is 0 Å². The van der Waals surface area contributed by atoms with E-state index < -0.39 is 11.7 Å². The number of nitrogens with zero attached hydrogens (tertiary/aromatic N) is 6. The summed E-state index contributed by atoms with van der Waals surface area (Å²) in [5.41, 5.74) is 1.97. The molecule has 1 aliphatic heterocycles. The molecule has 0 radical (unpaired) electrons. The molecule has 0 spiro atoms. The molecular formula is C22H24ClF3N6. The van der Waals surface area contributed by atoms with Crippen molar-refractivity contribution in [2.45, 2.75) is 13.1 Å². The zero-order valence-corrected chi connectivity index (χ0v) is 18.4. The Bertz CT molecular complexity index is 1040. The first-order chi connectivity index (χ1) is 14.9. The monoisotopic (exact) mass is 464 g/mol. The summed E-state index contributed by atoms with van der Waals surface area (Å²) in [6.45, 7) is 5.70. The van der Waals surface area contributed by atoms with Crippen LogP contribution in [0.3, 0.4) is 0 Å². The van der Waals surface area contributed by atoms with Gasteiger partial charge in [0.1, 0.15) is 0 Å². The molecule has 3 heterocycles. The Kier molecular flexibility index (Phi) is 7.52. The van der Waals surface area contributed by atoms with Crippen molar-refractivity contribution in [3.8, 4) is 5.95 Å². The third-order valence-electron chi connectivity index (χ3n) is 5.36. The van der Waals surface area contributed by atoms with Gasteiger partial charge in [0, 0.05) is 56.4 Å². The topological polar surface area (TPSA) is 50.1 Å². The number of halogens is 4. The fourth-order valence-corrected chi connectivity index (χ4v) is 3.58. The molecule has 6 nitrogen and oxygen atoms in total. The smallest absolute Gasteiger partial charge is 0.369 e. The molecule has 1 saturated heterocycles. The van der Waals surface area contributed by atoms with Crippen molar-refractivity contribution >= 4 is 24.2 Å². The lowest BCUT2D eigenvalue weighted by Crippen LogP contribution is -2.46. The first-order valence-electron chi connectivity index (χ1n) is 10.0. The predicted octanol–water partition coefficient (Wildman–Crippen LogP) is 4.25. The summed E-state index contributed by atoms with van der Waals surface area (Å²) in [6.07, 6.45) is 4.94. The zero-order chi connectivity index (χ0) is 21.8. The molecule has 3 aromatic rings. The van der Waals surface area contributed by atoms with Crippen molar-refractivity contribution in [3.63, 3.8) is 0 Å². The third kappa shape index (κ3) is 5.46. The number of piperazine rings is 1. The Morgan fingerprint density at radius 3 is 2.44 bits per heavy atom. The van der Waals surface area contributed by atoms with Gasteiger partial charge in [-0.25, -0.2) is 14.6 Å². The van der Waals surface area contributed by atoms with E-state index in [2.05, 4.69) is 26.0 Å². The molecular weight excluding hydrogens is 441 g/mol. The number of alkyl halides is 3. The van der Waals surface area contributed by atoms with Crippen LogP contribution in [0.4, 0.5) is 18.9 Å². The minimum absolute atomic E-state index is 0. The number of benzene rings is 1. The summed E-state index contributed by atoms with van der Waals surface area (Å²) in [6, 6.07) is 7.30. The van der Waals surface area contributed by atoms with Gasteiger partial charge in [-0.05, 0) is 31.2 Å². The quantitative estimate of drug-likeness (QED) is 0.565. The first-order valence-corrected chi connectivity index (χ1v) is 10.0. The van der Waals surface area contributed by atoms with E-state index in [0.29, 0.717) is 24.7 Å². The number of rotatable bonds is 5. The number of hydrogen-bond donors (Lipinski definition) is 0. The van der Waals surface area contributed by atoms with E-state index in [9.17, 15) is 13.2 Å². The molecule has 0 atom stereocenters. The van der Waals surface area contributed by atoms with Crippen LogP contribution in [0.1, 0.15) is 16.8 Å². The maximum absolute atomic E-state index is 13.0. The molecule has 0 bridgehead atoms. The second-order valence-electron chi connectivity index (χ2n) is 7.38. The van der Waals surface area contributed by atoms with Gasteiger partial charge in [0.15, 0.2) is 0 Å². The first kappa shape index (κ1) is 23.7. The van der Waals surface area contributed by atoms with E-state index in [1.54, 1.807) is 35.4 Å². The molecule has 10 heteroatoms. The minimum atomic E-state index is -4.32. The zero-order valence-electron chi connectivity index (χ0n) is 17.5. The predicted molar refractivity (Wildman–Crippen MR) is 120 cm³/mol. The van der Waals surface area contributed by atoms with E-state index in [4.69, 9.17) is 0 Å². The van der Waals surface area contributed by atoms with Gasteiger partial charge in [-0.1, -0.05) is 18.2 Å². The molecule has 1 aromatic carbocycles. The highest BCUT2D eigenvalue weighted by Gasteiger charge is 2.31. The largest absolute Gasteiger partial charge is 0.416 e. The van der Waals surface area contributed by atoms with Gasteiger partial charge in [-0.3, -0.25) is 4.90 Å². The van der Waals surface area contributed by atoms with Crippen molar-refractivity contribution in [2.75, 3.05) is 37.6 Å². The summed E-state index contributed by atoms with van der Waals surface area (Å²) in [5.74, 6) is 0.533. The lowest BCUT2D eigenvalue weighted by molar-refractivity contribution is -0.137. The number of aromatic nitrogens is 4. The second-order valence-corrected chi connectivity index (χ2v) is 7.38. The summed E-state index contributed by atoms with van der Waals surface area (Å²) in [5, 5.41) is 4.36. The molecule has 4 rings (SSSR count). The number of hydrogen-bond acceptors (Lipinski definition) is 5. The molecule has 0 unspecified atom stereocenters. The lowest BCUT2D eigenvalue weighted by Gasteiger charge is -2.35. The van der Waals surface area contributed by atoms with Gasteiger partial charge in [-0.2, -0.15) is 18.3 Å². The Morgan fingerprint density at radius 2 is 1.75 bits per heavy atom. The number of anilines is 1. The van der Waals surface area contributed by atoms with Crippen LogP contribution in [0.2, 0.25) is 0 Å². The molecule has 170 valence electrons. The Morgan fingerprint density at radius 1 is 1.03 bits per heavy atom. The summed E-state index contributed by atoms with van der Waals surface area (Å²) >= 11 is 0. The molecule has 0 aliphatic carbocycles. The summed E-state index contributed by atoms with van der Waals surface area (Å²) in [4.78, 5) is 12.7. The van der Waals surface area contributed by atoms with E-state index in [1.165, 1.54) is 12.1 Å². The van der Waals surface area contributed by atoms with Gasteiger partial charge >= 0.3 is 6.18 Å². The molecule has 1 aliphatic rings. The van der Waals surface area contributed by atoms with E-state index in [-0.39, 0.29) is 12.4 Å². The maximum atomic E-state index is 13.0. The highest BCUT2D eigenvalue weighted by Crippen LogP contribution is 2.31. The van der Waals surface area contributed by atoms with Crippen LogP contribution in [0, 0.1) is 6.92 Å². The van der Waals surface area contributed by atoms with Gasteiger partial charge in [0.05, 0.1) is 17.5 Å². The second kappa shape index (κ2) is 10.1. The van der Waals surface area contributed by atoms with Crippen molar-refractivity contribution in [1.82, 2.24) is 24.6 Å². The van der Waals surface area contributed by atoms with Crippen LogP contribution in [-0.2, 0) is 6.18 Å². The van der Waals surface area contributed by atoms with Gasteiger partial charge in [0.25, 0.3) is 5.95 Å². The average Bonchev–Trinajstić information content (AvgIpc) is 3.15. The normalized spacial score (nSPS) is 15.2. The van der Waals surface area contributed by atoms with Crippen LogP contribution in [0.15, 0.2) is 55.0 Å². The van der Waals surface area contributed by atoms with Gasteiger partial charge in [-0.15, -0.1) is 12.4 Å². The fourth-order valence-electron chi connectivity index (χ4n) is 3.58. The lowest BCUT2D eigenvalue weighted by atomic mass is 10.1.